The molecule has 0 spiro atoms. The van der Waals surface area contributed by atoms with Gasteiger partial charge in [0.25, 0.3) is 0 Å². The monoisotopic (exact) mass is 372 g/mol. The zero-order chi connectivity index (χ0) is 19.7. The summed E-state index contributed by atoms with van der Waals surface area (Å²) in [6, 6.07) is 19.7. The van der Waals surface area contributed by atoms with Crippen LogP contribution in [0.3, 0.4) is 0 Å². The molecule has 0 aliphatic rings. The first-order valence-electron chi connectivity index (χ1n) is 9.19. The second-order valence-electron chi connectivity index (χ2n) is 7.01. The molecule has 1 atom stereocenters. The molecule has 1 unspecified atom stereocenters. The number of phenolic OH excluding ortho intramolecular Hbond substituents is 1. The molecular formula is C24H21FN2O. The highest BCUT2D eigenvalue weighted by molar-refractivity contribution is 5.86. The summed E-state index contributed by atoms with van der Waals surface area (Å²) in [7, 11) is 0. The Morgan fingerprint density at radius 1 is 0.929 bits per heavy atom. The lowest BCUT2D eigenvalue weighted by Gasteiger charge is -2.23. The fraction of sp³-hybridized carbons (Fsp3) is 0.125. The van der Waals surface area contributed by atoms with Gasteiger partial charge in [0.15, 0.2) is 0 Å². The molecule has 0 aliphatic carbocycles. The summed E-state index contributed by atoms with van der Waals surface area (Å²) in [4.78, 5) is 4.33. The van der Waals surface area contributed by atoms with Gasteiger partial charge in [-0.15, -0.1) is 0 Å². The summed E-state index contributed by atoms with van der Waals surface area (Å²) in [5, 5.41) is 15.3. The third kappa shape index (κ3) is 3.41. The third-order valence-electron chi connectivity index (χ3n) is 5.11. The maximum absolute atomic E-state index is 13.5. The quantitative estimate of drug-likeness (QED) is 0.469. The predicted octanol–water partition coefficient (Wildman–Crippen LogP) is 5.90. The normalized spacial score (nSPS) is 12.1. The molecule has 28 heavy (non-hydrogen) atoms. The highest BCUT2D eigenvalue weighted by atomic mass is 19.1. The minimum atomic E-state index is -0.353. The summed E-state index contributed by atoms with van der Waals surface area (Å²) in [6.07, 6.45) is 1.66. The molecule has 0 fully saturated rings. The SMILES string of the molecule is Cc1ccc(NC(c2ccc(F)cc2)c2ccc3cccnc3c2O)cc1C. The van der Waals surface area contributed by atoms with E-state index in [4.69, 9.17) is 0 Å². The first-order valence-corrected chi connectivity index (χ1v) is 9.19. The van der Waals surface area contributed by atoms with Gasteiger partial charge < -0.3 is 10.4 Å². The molecule has 0 amide bonds. The Morgan fingerprint density at radius 3 is 2.46 bits per heavy atom. The molecule has 140 valence electrons. The van der Waals surface area contributed by atoms with Crippen LogP contribution in [0.15, 0.2) is 72.9 Å². The minimum absolute atomic E-state index is 0.128. The van der Waals surface area contributed by atoms with E-state index >= 15 is 0 Å². The van der Waals surface area contributed by atoms with Crippen molar-refractivity contribution in [1.29, 1.82) is 0 Å². The molecule has 0 aliphatic heterocycles. The van der Waals surface area contributed by atoms with Crippen LogP contribution in [0.1, 0.15) is 28.3 Å². The van der Waals surface area contributed by atoms with Crippen LogP contribution in [0.2, 0.25) is 0 Å². The Balaban J connectivity index is 1.84. The Bertz CT molecular complexity index is 1140. The number of halogens is 1. The van der Waals surface area contributed by atoms with Crippen molar-refractivity contribution in [3.63, 3.8) is 0 Å². The summed E-state index contributed by atoms with van der Waals surface area (Å²) < 4.78 is 13.5. The topological polar surface area (TPSA) is 45.2 Å². The van der Waals surface area contributed by atoms with Crippen LogP contribution < -0.4 is 5.32 Å². The van der Waals surface area contributed by atoms with Crippen LogP contribution in [0.25, 0.3) is 10.9 Å². The molecule has 4 aromatic rings. The maximum Gasteiger partial charge on any atom is 0.147 e. The lowest BCUT2D eigenvalue weighted by molar-refractivity contribution is 0.471. The van der Waals surface area contributed by atoms with Gasteiger partial charge in [0.2, 0.25) is 0 Å². The van der Waals surface area contributed by atoms with Crippen LogP contribution in [-0.2, 0) is 0 Å². The largest absolute Gasteiger partial charge is 0.505 e. The Labute approximate surface area is 163 Å². The molecule has 0 saturated carbocycles. The van der Waals surface area contributed by atoms with E-state index in [1.165, 1.54) is 23.3 Å². The van der Waals surface area contributed by atoms with Gasteiger partial charge in [0, 0.05) is 22.8 Å². The third-order valence-corrected chi connectivity index (χ3v) is 5.11. The lowest BCUT2D eigenvalue weighted by atomic mass is 9.95. The number of rotatable bonds is 4. The van der Waals surface area contributed by atoms with Gasteiger partial charge in [-0.25, -0.2) is 4.39 Å². The number of anilines is 1. The number of aromatic nitrogens is 1. The Hall–Kier alpha value is -3.40. The Morgan fingerprint density at radius 2 is 1.71 bits per heavy atom. The fourth-order valence-corrected chi connectivity index (χ4v) is 3.37. The standard InChI is InChI=1S/C24H21FN2O/c1-15-5-11-20(14-16(15)2)27-22(18-6-9-19(25)10-7-18)21-12-8-17-4-3-13-26-23(17)24(21)28/h3-14,22,27-28H,1-2H3. The van der Waals surface area contributed by atoms with Gasteiger partial charge in [-0.2, -0.15) is 0 Å². The number of hydrogen-bond donors (Lipinski definition) is 2. The van der Waals surface area contributed by atoms with E-state index in [0.717, 1.165) is 16.6 Å². The predicted molar refractivity (Wildman–Crippen MR) is 111 cm³/mol. The number of fused-ring (bicyclic) bond motifs is 1. The van der Waals surface area contributed by atoms with E-state index in [0.29, 0.717) is 11.1 Å². The average Bonchev–Trinajstić information content (AvgIpc) is 2.70. The molecule has 0 radical (unpaired) electrons. The van der Waals surface area contributed by atoms with Crippen LogP contribution in [0.5, 0.6) is 5.75 Å². The van der Waals surface area contributed by atoms with Crippen LogP contribution >= 0.6 is 0 Å². The average molecular weight is 372 g/mol. The highest BCUT2D eigenvalue weighted by Crippen LogP contribution is 2.36. The van der Waals surface area contributed by atoms with Gasteiger partial charge in [-0.1, -0.05) is 36.4 Å². The number of nitrogens with zero attached hydrogens (tertiary/aromatic N) is 1. The highest BCUT2D eigenvalue weighted by Gasteiger charge is 2.20. The number of benzene rings is 3. The zero-order valence-corrected chi connectivity index (χ0v) is 15.8. The smallest absolute Gasteiger partial charge is 0.147 e. The van der Waals surface area contributed by atoms with Gasteiger partial charge in [0.05, 0.1) is 6.04 Å². The van der Waals surface area contributed by atoms with Crippen molar-refractivity contribution in [3.8, 4) is 5.75 Å². The molecule has 3 aromatic carbocycles. The summed E-state index contributed by atoms with van der Waals surface area (Å²) in [6.45, 7) is 4.13. The molecule has 2 N–H and O–H groups in total. The maximum atomic E-state index is 13.5. The van der Waals surface area contributed by atoms with E-state index in [-0.39, 0.29) is 17.6 Å². The van der Waals surface area contributed by atoms with E-state index in [2.05, 4.69) is 36.3 Å². The lowest BCUT2D eigenvalue weighted by Crippen LogP contribution is -2.13. The molecule has 1 heterocycles. The van der Waals surface area contributed by atoms with Crippen molar-refractivity contribution in [1.82, 2.24) is 4.98 Å². The van der Waals surface area contributed by atoms with Crippen LogP contribution in [0.4, 0.5) is 10.1 Å². The zero-order valence-electron chi connectivity index (χ0n) is 15.8. The first-order chi connectivity index (χ1) is 13.5. The Kier molecular flexibility index (Phi) is 4.70. The molecule has 1 aromatic heterocycles. The molecule has 4 rings (SSSR count). The minimum Gasteiger partial charge on any atom is -0.505 e. The molecule has 4 heteroatoms. The van der Waals surface area contributed by atoms with E-state index in [1.807, 2.05) is 30.3 Å². The van der Waals surface area contributed by atoms with E-state index < -0.39 is 0 Å². The second-order valence-corrected chi connectivity index (χ2v) is 7.01. The number of aromatic hydroxyl groups is 1. The summed E-state index contributed by atoms with van der Waals surface area (Å²) in [5.41, 5.74) is 5.40. The molecule has 0 saturated heterocycles. The molecule has 0 bridgehead atoms. The van der Waals surface area contributed by atoms with Crippen molar-refractivity contribution in [2.75, 3.05) is 5.32 Å². The van der Waals surface area contributed by atoms with Crippen molar-refractivity contribution in [3.05, 3.63) is 101 Å². The van der Waals surface area contributed by atoms with Gasteiger partial charge in [0.1, 0.15) is 17.1 Å². The van der Waals surface area contributed by atoms with Crippen molar-refractivity contribution in [2.24, 2.45) is 0 Å². The van der Waals surface area contributed by atoms with Gasteiger partial charge in [-0.05, 0) is 60.9 Å². The summed E-state index contributed by atoms with van der Waals surface area (Å²) in [5.74, 6) is -0.165. The van der Waals surface area contributed by atoms with E-state index in [9.17, 15) is 9.50 Å². The fourth-order valence-electron chi connectivity index (χ4n) is 3.37. The van der Waals surface area contributed by atoms with Crippen LogP contribution in [0, 0.1) is 19.7 Å². The van der Waals surface area contributed by atoms with Crippen LogP contribution in [-0.4, -0.2) is 10.1 Å². The summed E-state index contributed by atoms with van der Waals surface area (Å²) >= 11 is 0. The van der Waals surface area contributed by atoms with E-state index in [1.54, 1.807) is 18.3 Å². The van der Waals surface area contributed by atoms with Crippen molar-refractivity contribution in [2.45, 2.75) is 19.9 Å². The number of pyridine rings is 1. The molecular weight excluding hydrogens is 351 g/mol. The second kappa shape index (κ2) is 7.31. The van der Waals surface area contributed by atoms with Crippen molar-refractivity contribution >= 4 is 16.6 Å². The number of aryl methyl sites for hydroxylation is 2. The number of phenols is 1. The van der Waals surface area contributed by atoms with Crippen molar-refractivity contribution < 1.29 is 9.50 Å². The van der Waals surface area contributed by atoms with Gasteiger partial charge >= 0.3 is 0 Å². The van der Waals surface area contributed by atoms with Gasteiger partial charge in [-0.3, -0.25) is 4.98 Å². The molecule has 3 nitrogen and oxygen atoms in total. The number of hydrogen-bond acceptors (Lipinski definition) is 3. The number of nitrogens with one attached hydrogen (secondary N) is 1. The first kappa shape index (κ1) is 18.0.